The zero-order valence-electron chi connectivity index (χ0n) is 22.9. The highest BCUT2D eigenvalue weighted by atomic mass is 16.5. The molecule has 1 atom stereocenters. The van der Waals surface area contributed by atoms with Crippen LogP contribution in [0.2, 0.25) is 0 Å². The number of carbonyl (C=O) groups is 3. The number of ether oxygens (including phenoxy) is 1. The molecule has 2 aromatic carbocycles. The molecule has 3 aromatic rings. The van der Waals surface area contributed by atoms with Crippen LogP contribution in [-0.2, 0) is 0 Å². The highest BCUT2D eigenvalue weighted by Gasteiger charge is 2.23. The number of carbonyl (C=O) groups excluding carboxylic acids is 2. The van der Waals surface area contributed by atoms with Crippen LogP contribution in [0.25, 0.3) is 11.1 Å². The van der Waals surface area contributed by atoms with Gasteiger partial charge in [0.2, 0.25) is 5.88 Å². The van der Waals surface area contributed by atoms with Crippen molar-refractivity contribution in [3.63, 3.8) is 0 Å². The van der Waals surface area contributed by atoms with Crippen molar-refractivity contribution in [2.45, 2.75) is 26.3 Å². The number of hydrogen-bond acceptors (Lipinski definition) is 7. The lowest BCUT2D eigenvalue weighted by molar-refractivity contribution is 0.0697. The van der Waals surface area contributed by atoms with Crippen LogP contribution in [0.1, 0.15) is 57.0 Å². The van der Waals surface area contributed by atoms with E-state index in [1.807, 2.05) is 0 Å². The summed E-state index contributed by atoms with van der Waals surface area (Å²) in [5, 5.41) is 26.3. The van der Waals surface area contributed by atoms with E-state index in [2.05, 4.69) is 34.8 Å². The zero-order chi connectivity index (χ0) is 29.4. The molecular weight excluding hydrogens is 512 g/mol. The minimum atomic E-state index is -1.26. The Hall–Kier alpha value is -4.77. The van der Waals surface area contributed by atoms with Crippen LogP contribution < -0.4 is 26.4 Å². The van der Waals surface area contributed by atoms with Gasteiger partial charge in [0, 0.05) is 41.0 Å². The molecule has 3 rings (SSSR count). The van der Waals surface area contributed by atoms with Crippen LogP contribution in [0.3, 0.4) is 0 Å². The van der Waals surface area contributed by atoms with E-state index < -0.39 is 17.8 Å². The van der Waals surface area contributed by atoms with Crippen molar-refractivity contribution >= 4 is 29.3 Å². The summed E-state index contributed by atoms with van der Waals surface area (Å²) >= 11 is 0. The normalized spacial score (nSPS) is 11.5. The Balaban J connectivity index is 1.99. The Morgan fingerprint density at radius 3 is 2.23 bits per heavy atom. The second kappa shape index (κ2) is 13.3. The van der Waals surface area contributed by atoms with Gasteiger partial charge in [-0.25, -0.2) is 9.78 Å². The third-order valence-corrected chi connectivity index (χ3v) is 6.09. The molecule has 1 unspecified atom stereocenters. The number of hydrogen-bond donors (Lipinski definition) is 6. The summed E-state index contributed by atoms with van der Waals surface area (Å²) in [6.07, 6.45) is 0.754. The van der Waals surface area contributed by atoms with Crippen LogP contribution in [0.15, 0.2) is 54.6 Å². The molecule has 7 N–H and O–H groups in total. The maximum atomic E-state index is 13.3. The smallest absolute Gasteiger partial charge is 0.336 e. The van der Waals surface area contributed by atoms with Gasteiger partial charge in [-0.05, 0) is 67.4 Å². The maximum absolute atomic E-state index is 13.3. The number of carboxylic acids is 1. The number of methoxy groups -OCH3 is 1. The summed E-state index contributed by atoms with van der Waals surface area (Å²) < 4.78 is 5.20. The number of pyridine rings is 1. The number of aromatic carboxylic acids is 1. The molecule has 0 saturated carbocycles. The van der Waals surface area contributed by atoms with E-state index in [4.69, 9.17) is 15.9 Å². The number of amides is 2. The van der Waals surface area contributed by atoms with Crippen LogP contribution in [0, 0.1) is 11.3 Å². The SMILES string of the molecule is CNCC(CC(C)C)NC(=O)c1ccc(-c2ccc(OC)nc2C(=O)Nc2ccc(C(=N)N)cc2)c(C(=O)O)c1. The molecule has 11 nitrogen and oxygen atoms in total. The molecule has 0 bridgehead atoms. The van der Waals surface area contributed by atoms with Gasteiger partial charge < -0.3 is 31.5 Å². The molecular formula is C29H34N6O5. The summed E-state index contributed by atoms with van der Waals surface area (Å²) in [6, 6.07) is 13.6. The lowest BCUT2D eigenvalue weighted by Gasteiger charge is -2.21. The van der Waals surface area contributed by atoms with E-state index in [9.17, 15) is 19.5 Å². The minimum Gasteiger partial charge on any atom is -0.481 e. The predicted octanol–water partition coefficient (Wildman–Crippen LogP) is 3.36. The number of aromatic nitrogens is 1. The van der Waals surface area contributed by atoms with E-state index in [1.54, 1.807) is 37.4 Å². The average molecular weight is 547 g/mol. The molecule has 1 heterocycles. The van der Waals surface area contributed by atoms with Crippen LogP contribution in [0.5, 0.6) is 5.88 Å². The van der Waals surface area contributed by atoms with Crippen molar-refractivity contribution in [1.29, 1.82) is 5.41 Å². The van der Waals surface area contributed by atoms with Gasteiger partial charge in [0.25, 0.3) is 11.8 Å². The molecule has 0 radical (unpaired) electrons. The Bertz CT molecular complexity index is 1400. The number of amidine groups is 1. The molecule has 0 aliphatic carbocycles. The van der Waals surface area contributed by atoms with Crippen LogP contribution in [-0.4, -0.2) is 60.5 Å². The van der Waals surface area contributed by atoms with Gasteiger partial charge in [-0.1, -0.05) is 19.9 Å². The summed E-state index contributed by atoms with van der Waals surface area (Å²) in [5.74, 6) is -1.85. The number of nitrogens with zero attached hydrogens (tertiary/aromatic N) is 1. The summed E-state index contributed by atoms with van der Waals surface area (Å²) in [4.78, 5) is 42.9. The Kier molecular flexibility index (Phi) is 9.93. The zero-order valence-corrected chi connectivity index (χ0v) is 22.9. The topological polar surface area (TPSA) is 180 Å². The van der Waals surface area contributed by atoms with E-state index in [0.717, 1.165) is 6.42 Å². The van der Waals surface area contributed by atoms with Gasteiger partial charge in [0.05, 0.1) is 12.7 Å². The van der Waals surface area contributed by atoms with Gasteiger partial charge in [-0.2, -0.15) is 0 Å². The molecule has 0 aliphatic heterocycles. The predicted molar refractivity (Wildman–Crippen MR) is 153 cm³/mol. The third-order valence-electron chi connectivity index (χ3n) is 6.09. The number of carboxylic acid groups (broad SMARTS) is 1. The number of likely N-dealkylation sites (N-methyl/N-ethyl adjacent to an activating group) is 1. The average Bonchev–Trinajstić information content (AvgIpc) is 2.92. The quantitative estimate of drug-likeness (QED) is 0.148. The fourth-order valence-corrected chi connectivity index (χ4v) is 4.24. The molecule has 210 valence electrons. The maximum Gasteiger partial charge on any atom is 0.336 e. The Morgan fingerprint density at radius 2 is 1.65 bits per heavy atom. The number of nitrogens with two attached hydrogens (primary N) is 1. The van der Waals surface area contributed by atoms with E-state index in [0.29, 0.717) is 23.7 Å². The van der Waals surface area contributed by atoms with Crippen LogP contribution in [0.4, 0.5) is 5.69 Å². The van der Waals surface area contributed by atoms with Crippen LogP contribution >= 0.6 is 0 Å². The van der Waals surface area contributed by atoms with E-state index in [1.165, 1.54) is 31.4 Å². The highest BCUT2D eigenvalue weighted by molar-refractivity contribution is 6.10. The first kappa shape index (κ1) is 29.8. The number of nitrogens with one attached hydrogen (secondary N) is 4. The second-order valence-corrected chi connectivity index (χ2v) is 9.62. The summed E-state index contributed by atoms with van der Waals surface area (Å²) in [5.41, 5.74) is 6.83. The summed E-state index contributed by atoms with van der Waals surface area (Å²) in [6.45, 7) is 4.69. The number of rotatable bonds is 12. The number of nitrogen functional groups attached to an aromatic ring is 1. The highest BCUT2D eigenvalue weighted by Crippen LogP contribution is 2.30. The Labute approximate surface area is 232 Å². The van der Waals surface area contributed by atoms with Crippen molar-refractivity contribution in [1.82, 2.24) is 15.6 Å². The van der Waals surface area contributed by atoms with Crippen molar-refractivity contribution in [2.75, 3.05) is 26.0 Å². The fourth-order valence-electron chi connectivity index (χ4n) is 4.24. The molecule has 0 saturated heterocycles. The monoisotopic (exact) mass is 546 g/mol. The van der Waals surface area contributed by atoms with Gasteiger partial charge in [-0.3, -0.25) is 15.0 Å². The first-order chi connectivity index (χ1) is 19.0. The van der Waals surface area contributed by atoms with Gasteiger partial charge >= 0.3 is 5.97 Å². The molecule has 2 amide bonds. The minimum absolute atomic E-state index is 0.0688. The molecule has 0 fully saturated rings. The lowest BCUT2D eigenvalue weighted by Crippen LogP contribution is -2.42. The largest absolute Gasteiger partial charge is 0.481 e. The van der Waals surface area contributed by atoms with Gasteiger partial charge in [-0.15, -0.1) is 0 Å². The second-order valence-electron chi connectivity index (χ2n) is 9.62. The first-order valence-electron chi connectivity index (χ1n) is 12.7. The standard InChI is InChI=1S/C29H34N6O5/c1-16(2)13-20(15-32-3)34-27(36)18-7-10-21(23(14-18)29(38)39)22-11-12-24(40-4)35-25(22)28(37)33-19-8-5-17(6-9-19)26(30)31/h5-12,14,16,20,32H,13,15H2,1-4H3,(H3,30,31)(H,33,37)(H,34,36)(H,38,39). The molecule has 0 aliphatic rings. The van der Waals surface area contributed by atoms with Crippen molar-refractivity contribution in [3.8, 4) is 17.0 Å². The molecule has 40 heavy (non-hydrogen) atoms. The van der Waals surface area contributed by atoms with Gasteiger partial charge in [0.1, 0.15) is 11.5 Å². The number of anilines is 1. The molecule has 0 spiro atoms. The number of benzene rings is 2. The Morgan fingerprint density at radius 1 is 1.00 bits per heavy atom. The van der Waals surface area contributed by atoms with Crippen molar-refractivity contribution < 1.29 is 24.2 Å². The molecule has 11 heteroatoms. The van der Waals surface area contributed by atoms with E-state index >= 15 is 0 Å². The van der Waals surface area contributed by atoms with Gasteiger partial charge in [0.15, 0.2) is 0 Å². The first-order valence-corrected chi connectivity index (χ1v) is 12.7. The van der Waals surface area contributed by atoms with E-state index in [-0.39, 0.29) is 45.7 Å². The fraction of sp³-hybridized carbons (Fsp3) is 0.276. The molecule has 1 aromatic heterocycles. The summed E-state index contributed by atoms with van der Waals surface area (Å²) in [7, 11) is 3.20. The lowest BCUT2D eigenvalue weighted by atomic mass is 9.95. The van der Waals surface area contributed by atoms with Crippen molar-refractivity contribution in [3.05, 3.63) is 77.0 Å². The third kappa shape index (κ3) is 7.41. The van der Waals surface area contributed by atoms with Crippen molar-refractivity contribution in [2.24, 2.45) is 11.7 Å².